The molecular weight excluding hydrogens is 510 g/mol. The first-order valence-corrected chi connectivity index (χ1v) is 12.9. The van der Waals surface area contributed by atoms with Gasteiger partial charge in [-0.25, -0.2) is 9.36 Å². The SMILES string of the molecule is CC(C)c1cc(O)c(O)c(-c2nn(COC(=O)C(N)Cc3ccccc3)c(=O)n2-c2ccc3c(ccn3C)c2)c1. The Hall–Kier alpha value is -4.83. The van der Waals surface area contributed by atoms with Crippen molar-refractivity contribution in [2.45, 2.75) is 39.0 Å². The first-order chi connectivity index (χ1) is 19.1. The molecule has 206 valence electrons. The van der Waals surface area contributed by atoms with Gasteiger partial charge in [0.1, 0.15) is 6.04 Å². The number of phenolic OH excluding ortho intramolecular Hbond substituents is 2. The van der Waals surface area contributed by atoms with E-state index in [1.807, 2.05) is 80.2 Å². The number of hydrogen-bond acceptors (Lipinski definition) is 7. The van der Waals surface area contributed by atoms with Crippen LogP contribution in [0.5, 0.6) is 11.5 Å². The quantitative estimate of drug-likeness (QED) is 0.201. The van der Waals surface area contributed by atoms with Crippen LogP contribution in [0, 0.1) is 0 Å². The van der Waals surface area contributed by atoms with Crippen LogP contribution in [0.1, 0.15) is 30.9 Å². The van der Waals surface area contributed by atoms with Gasteiger partial charge in [0.2, 0.25) is 0 Å². The van der Waals surface area contributed by atoms with Crippen LogP contribution in [-0.4, -0.2) is 41.1 Å². The summed E-state index contributed by atoms with van der Waals surface area (Å²) in [5, 5.41) is 26.6. The number of hydrogen-bond donors (Lipinski definition) is 3. The molecule has 0 amide bonds. The maximum absolute atomic E-state index is 13.7. The predicted octanol–water partition coefficient (Wildman–Crippen LogP) is 3.80. The van der Waals surface area contributed by atoms with Gasteiger partial charge in [-0.05, 0) is 59.9 Å². The molecule has 5 rings (SSSR count). The molecule has 0 saturated heterocycles. The molecule has 0 bridgehead atoms. The molecule has 1 atom stereocenters. The van der Waals surface area contributed by atoms with E-state index in [1.165, 1.54) is 10.6 Å². The van der Waals surface area contributed by atoms with E-state index >= 15 is 0 Å². The molecule has 40 heavy (non-hydrogen) atoms. The molecular formula is C30H31N5O5. The molecule has 0 spiro atoms. The van der Waals surface area contributed by atoms with Gasteiger partial charge >= 0.3 is 11.7 Å². The lowest BCUT2D eigenvalue weighted by atomic mass is 9.99. The Balaban J connectivity index is 1.55. The number of benzene rings is 3. The van der Waals surface area contributed by atoms with Crippen LogP contribution in [0.15, 0.2) is 77.7 Å². The number of carbonyl (C=O) groups is 1. The minimum atomic E-state index is -0.927. The second kappa shape index (κ2) is 10.7. The van der Waals surface area contributed by atoms with E-state index in [2.05, 4.69) is 5.10 Å². The van der Waals surface area contributed by atoms with E-state index in [1.54, 1.807) is 12.1 Å². The molecule has 0 radical (unpaired) electrons. The first-order valence-electron chi connectivity index (χ1n) is 12.9. The van der Waals surface area contributed by atoms with E-state index in [-0.39, 0.29) is 29.5 Å². The normalized spacial score (nSPS) is 12.2. The number of aromatic nitrogens is 4. The fourth-order valence-corrected chi connectivity index (χ4v) is 4.63. The van der Waals surface area contributed by atoms with Crippen molar-refractivity contribution >= 4 is 16.9 Å². The molecule has 1 unspecified atom stereocenters. The van der Waals surface area contributed by atoms with Crippen LogP contribution in [0.2, 0.25) is 0 Å². The molecule has 4 N–H and O–H groups in total. The molecule has 10 heteroatoms. The first kappa shape index (κ1) is 26.8. The number of rotatable bonds is 8. The van der Waals surface area contributed by atoms with Crippen molar-refractivity contribution in [2.24, 2.45) is 12.8 Å². The lowest BCUT2D eigenvalue weighted by molar-refractivity contribution is -0.149. The summed E-state index contributed by atoms with van der Waals surface area (Å²) in [5.74, 6) is -1.31. The minimum Gasteiger partial charge on any atom is -0.504 e. The van der Waals surface area contributed by atoms with Crippen LogP contribution < -0.4 is 11.4 Å². The standard InChI is InChI=1S/C30H31N5O5/c1-18(2)21-15-23(27(37)26(36)16-21)28-32-34(17-40-29(38)24(31)13-19-7-5-4-6-8-19)30(39)35(28)22-9-10-25-20(14-22)11-12-33(25)3/h4-12,14-16,18,24,36-37H,13,17,31H2,1-3H3. The van der Waals surface area contributed by atoms with Crippen molar-refractivity contribution in [1.82, 2.24) is 18.9 Å². The largest absolute Gasteiger partial charge is 0.504 e. The number of nitrogens with two attached hydrogens (primary N) is 1. The summed E-state index contributed by atoms with van der Waals surface area (Å²) in [6.07, 6.45) is 2.19. The zero-order valence-electron chi connectivity index (χ0n) is 22.5. The van der Waals surface area contributed by atoms with Gasteiger partial charge in [0.25, 0.3) is 0 Å². The highest BCUT2D eigenvalue weighted by molar-refractivity contribution is 5.83. The third-order valence-electron chi connectivity index (χ3n) is 6.92. The van der Waals surface area contributed by atoms with Crippen LogP contribution in [-0.2, 0) is 29.7 Å². The lowest BCUT2D eigenvalue weighted by Gasteiger charge is -2.13. The van der Waals surface area contributed by atoms with Crippen LogP contribution >= 0.6 is 0 Å². The van der Waals surface area contributed by atoms with Crippen molar-refractivity contribution < 1.29 is 19.7 Å². The van der Waals surface area contributed by atoms with Crippen LogP contribution in [0.25, 0.3) is 28.0 Å². The van der Waals surface area contributed by atoms with E-state index in [0.717, 1.165) is 26.7 Å². The molecule has 0 aliphatic carbocycles. The number of carbonyl (C=O) groups excluding carboxylic acids is 1. The average molecular weight is 542 g/mol. The highest BCUT2D eigenvalue weighted by atomic mass is 16.5. The van der Waals surface area contributed by atoms with Gasteiger partial charge in [-0.3, -0.25) is 4.79 Å². The number of aryl methyl sites for hydroxylation is 1. The number of ether oxygens (including phenoxy) is 1. The van der Waals surface area contributed by atoms with E-state index in [4.69, 9.17) is 10.5 Å². The second-order valence-corrected chi connectivity index (χ2v) is 10.1. The molecule has 0 aliphatic heterocycles. The van der Waals surface area contributed by atoms with Gasteiger partial charge < -0.3 is 25.3 Å². The van der Waals surface area contributed by atoms with Crippen molar-refractivity contribution in [1.29, 1.82) is 0 Å². The Labute approximate surface area is 230 Å². The summed E-state index contributed by atoms with van der Waals surface area (Å²) in [4.78, 5) is 26.3. The summed E-state index contributed by atoms with van der Waals surface area (Å²) >= 11 is 0. The Morgan fingerprint density at radius 2 is 1.80 bits per heavy atom. The molecule has 0 fully saturated rings. The number of aromatic hydroxyl groups is 2. The van der Waals surface area contributed by atoms with E-state index < -0.39 is 30.2 Å². The van der Waals surface area contributed by atoms with Crippen molar-refractivity contribution in [3.8, 4) is 28.6 Å². The molecule has 3 aromatic carbocycles. The Morgan fingerprint density at radius 1 is 1.05 bits per heavy atom. The molecule has 0 aliphatic rings. The maximum atomic E-state index is 13.7. The third-order valence-corrected chi connectivity index (χ3v) is 6.92. The van der Waals surface area contributed by atoms with Gasteiger partial charge in [-0.15, -0.1) is 5.10 Å². The summed E-state index contributed by atoms with van der Waals surface area (Å²) in [5.41, 5.74) is 8.71. The number of phenols is 2. The fraction of sp³-hybridized carbons (Fsp3) is 0.233. The van der Waals surface area contributed by atoms with Crippen molar-refractivity contribution in [3.05, 3.63) is 94.5 Å². The van der Waals surface area contributed by atoms with E-state index in [0.29, 0.717) is 5.69 Å². The van der Waals surface area contributed by atoms with Crippen molar-refractivity contribution in [2.75, 3.05) is 0 Å². The molecule has 5 aromatic rings. The zero-order chi connectivity index (χ0) is 28.6. The average Bonchev–Trinajstić information content (AvgIpc) is 3.47. The highest BCUT2D eigenvalue weighted by Crippen LogP contribution is 2.39. The molecule has 0 saturated carbocycles. The summed E-state index contributed by atoms with van der Waals surface area (Å²) in [6.45, 7) is 3.41. The van der Waals surface area contributed by atoms with Gasteiger partial charge in [0, 0.05) is 24.1 Å². The van der Waals surface area contributed by atoms with Gasteiger partial charge in [0.15, 0.2) is 24.1 Å². The fourth-order valence-electron chi connectivity index (χ4n) is 4.63. The second-order valence-electron chi connectivity index (χ2n) is 10.1. The third kappa shape index (κ3) is 5.08. The van der Waals surface area contributed by atoms with Gasteiger partial charge in [-0.2, -0.15) is 4.68 Å². The van der Waals surface area contributed by atoms with Crippen molar-refractivity contribution in [3.63, 3.8) is 0 Å². The number of fused-ring (bicyclic) bond motifs is 1. The number of nitrogens with zero attached hydrogens (tertiary/aromatic N) is 4. The molecule has 10 nitrogen and oxygen atoms in total. The van der Waals surface area contributed by atoms with Gasteiger partial charge in [0.05, 0.1) is 11.3 Å². The summed E-state index contributed by atoms with van der Waals surface area (Å²) in [7, 11) is 1.92. The summed E-state index contributed by atoms with van der Waals surface area (Å²) in [6, 6.07) is 19.0. The maximum Gasteiger partial charge on any atom is 0.353 e. The Kier molecular flexibility index (Phi) is 7.19. The monoisotopic (exact) mass is 541 g/mol. The summed E-state index contributed by atoms with van der Waals surface area (Å²) < 4.78 is 9.66. The minimum absolute atomic E-state index is 0.0280. The van der Waals surface area contributed by atoms with Crippen LogP contribution in [0.4, 0.5) is 0 Å². The Morgan fingerprint density at radius 3 is 2.52 bits per heavy atom. The van der Waals surface area contributed by atoms with Crippen LogP contribution in [0.3, 0.4) is 0 Å². The number of esters is 1. The zero-order valence-corrected chi connectivity index (χ0v) is 22.5. The lowest BCUT2D eigenvalue weighted by Crippen LogP contribution is -2.36. The predicted molar refractivity (Wildman–Crippen MR) is 151 cm³/mol. The highest BCUT2D eigenvalue weighted by Gasteiger charge is 2.24. The Bertz CT molecular complexity index is 1750. The molecule has 2 heterocycles. The topological polar surface area (TPSA) is 138 Å². The smallest absolute Gasteiger partial charge is 0.353 e. The van der Waals surface area contributed by atoms with Gasteiger partial charge in [-0.1, -0.05) is 44.2 Å². The molecule has 2 aromatic heterocycles. The van der Waals surface area contributed by atoms with E-state index in [9.17, 15) is 19.8 Å².